The van der Waals surface area contributed by atoms with Crippen molar-refractivity contribution >= 4 is 22.9 Å². The van der Waals surface area contributed by atoms with Crippen LogP contribution in [0.15, 0.2) is 4.63 Å². The van der Waals surface area contributed by atoms with Crippen LogP contribution in [0.4, 0.5) is 11.6 Å². The zero-order valence-corrected chi connectivity index (χ0v) is 16.4. The molecule has 3 aliphatic heterocycles. The summed E-state index contributed by atoms with van der Waals surface area (Å²) in [6.45, 7) is 7.88. The van der Waals surface area contributed by atoms with Crippen molar-refractivity contribution in [2.24, 2.45) is 0 Å². The fourth-order valence-corrected chi connectivity index (χ4v) is 4.71. The van der Waals surface area contributed by atoms with Gasteiger partial charge in [0.15, 0.2) is 11.6 Å². The molecular weight excluding hydrogens is 358 g/mol. The summed E-state index contributed by atoms with van der Waals surface area (Å²) < 4.78 is 10.4. The smallest absolute Gasteiger partial charge is 0.245 e. The standard InChI is InChI=1S/C19H29N7O2/c1-2-4-8-25(7-3-1)18-19(21-17-16(20-18)22-28-23-17)26-9-5-15(6-10-26)24-11-13-27-14-12-24/h15H,1-14H2. The average molecular weight is 387 g/mol. The van der Waals surface area contributed by atoms with Crippen LogP contribution in [-0.4, -0.2) is 83.7 Å². The van der Waals surface area contributed by atoms with E-state index in [9.17, 15) is 0 Å². The molecule has 0 aromatic carbocycles. The molecule has 5 rings (SSSR count). The second-order valence-corrected chi connectivity index (χ2v) is 8.05. The number of ether oxygens (including phenoxy) is 1. The molecule has 0 N–H and O–H groups in total. The van der Waals surface area contributed by atoms with E-state index in [-0.39, 0.29) is 0 Å². The van der Waals surface area contributed by atoms with Gasteiger partial charge in [-0.3, -0.25) is 4.90 Å². The number of morpholine rings is 1. The Morgan fingerprint density at radius 1 is 0.679 bits per heavy atom. The predicted molar refractivity (Wildman–Crippen MR) is 106 cm³/mol. The molecule has 2 aromatic heterocycles. The molecule has 9 heteroatoms. The van der Waals surface area contributed by atoms with Crippen LogP contribution < -0.4 is 9.80 Å². The van der Waals surface area contributed by atoms with E-state index in [4.69, 9.17) is 19.3 Å². The van der Waals surface area contributed by atoms with Crippen LogP contribution in [0.25, 0.3) is 11.3 Å². The molecule has 5 heterocycles. The highest BCUT2D eigenvalue weighted by Crippen LogP contribution is 2.31. The molecular formula is C19H29N7O2. The largest absolute Gasteiger partial charge is 0.379 e. The van der Waals surface area contributed by atoms with Crippen molar-refractivity contribution in [3.05, 3.63) is 0 Å². The number of fused-ring (bicyclic) bond motifs is 1. The maximum Gasteiger partial charge on any atom is 0.245 e. The van der Waals surface area contributed by atoms with Gasteiger partial charge >= 0.3 is 0 Å². The minimum Gasteiger partial charge on any atom is -0.379 e. The lowest BCUT2D eigenvalue weighted by Crippen LogP contribution is -2.49. The first-order valence-electron chi connectivity index (χ1n) is 10.7. The van der Waals surface area contributed by atoms with Crippen molar-refractivity contribution in [1.29, 1.82) is 0 Å². The summed E-state index contributed by atoms with van der Waals surface area (Å²) in [6.07, 6.45) is 7.28. The SMILES string of the molecule is C1CCCN(c2nc3nonc3nc2N2CCC(N3CCOCC3)CC2)CC1. The maximum absolute atomic E-state index is 5.51. The maximum atomic E-state index is 5.51. The van der Waals surface area contributed by atoms with Gasteiger partial charge in [-0.15, -0.1) is 0 Å². The quantitative estimate of drug-likeness (QED) is 0.781. The Labute approximate surface area is 165 Å². The lowest BCUT2D eigenvalue weighted by Gasteiger charge is -2.41. The van der Waals surface area contributed by atoms with E-state index in [2.05, 4.69) is 25.0 Å². The Morgan fingerprint density at radius 2 is 1.25 bits per heavy atom. The van der Waals surface area contributed by atoms with Crippen LogP contribution in [0, 0.1) is 0 Å². The summed E-state index contributed by atoms with van der Waals surface area (Å²) in [5, 5.41) is 7.87. The monoisotopic (exact) mass is 387 g/mol. The summed E-state index contributed by atoms with van der Waals surface area (Å²) in [7, 11) is 0. The number of rotatable bonds is 3. The number of nitrogens with zero attached hydrogens (tertiary/aromatic N) is 7. The Balaban J connectivity index is 1.37. The van der Waals surface area contributed by atoms with Gasteiger partial charge in [-0.2, -0.15) is 0 Å². The first-order valence-corrected chi connectivity index (χ1v) is 10.7. The van der Waals surface area contributed by atoms with Crippen molar-refractivity contribution in [3.8, 4) is 0 Å². The van der Waals surface area contributed by atoms with Crippen molar-refractivity contribution in [2.45, 2.75) is 44.6 Å². The Morgan fingerprint density at radius 3 is 1.86 bits per heavy atom. The van der Waals surface area contributed by atoms with Crippen LogP contribution in [0.1, 0.15) is 38.5 Å². The van der Waals surface area contributed by atoms with E-state index in [0.29, 0.717) is 17.3 Å². The molecule has 0 unspecified atom stereocenters. The lowest BCUT2D eigenvalue weighted by molar-refractivity contribution is 0.0115. The Kier molecular flexibility index (Phi) is 5.26. The van der Waals surface area contributed by atoms with Crippen LogP contribution in [0.2, 0.25) is 0 Å². The molecule has 0 radical (unpaired) electrons. The Hall–Kier alpha value is -2.00. The summed E-state index contributed by atoms with van der Waals surface area (Å²) in [6, 6.07) is 0.646. The summed E-state index contributed by atoms with van der Waals surface area (Å²) in [4.78, 5) is 17.0. The molecule has 0 spiro atoms. The number of anilines is 2. The fraction of sp³-hybridized carbons (Fsp3) is 0.789. The molecule has 0 aliphatic carbocycles. The molecule has 0 atom stereocenters. The molecule has 3 saturated heterocycles. The third-order valence-corrected chi connectivity index (χ3v) is 6.31. The minimum atomic E-state index is 0.504. The van der Waals surface area contributed by atoms with Crippen LogP contribution in [0.5, 0.6) is 0 Å². The van der Waals surface area contributed by atoms with E-state index in [1.54, 1.807) is 0 Å². The van der Waals surface area contributed by atoms with E-state index in [1.807, 2.05) is 0 Å². The number of aromatic nitrogens is 4. The minimum absolute atomic E-state index is 0.504. The highest BCUT2D eigenvalue weighted by molar-refractivity contribution is 5.74. The lowest BCUT2D eigenvalue weighted by atomic mass is 10.0. The van der Waals surface area contributed by atoms with E-state index in [1.165, 1.54) is 25.7 Å². The first kappa shape index (κ1) is 18.1. The second kappa shape index (κ2) is 8.16. The number of hydrogen-bond acceptors (Lipinski definition) is 9. The third-order valence-electron chi connectivity index (χ3n) is 6.31. The molecule has 0 bridgehead atoms. The number of piperidine rings is 1. The van der Waals surface area contributed by atoms with E-state index >= 15 is 0 Å². The van der Waals surface area contributed by atoms with Gasteiger partial charge in [-0.25, -0.2) is 14.6 Å². The molecule has 3 fully saturated rings. The molecule has 3 aliphatic rings. The van der Waals surface area contributed by atoms with E-state index < -0.39 is 0 Å². The topological polar surface area (TPSA) is 83.6 Å². The zero-order chi connectivity index (χ0) is 18.8. The van der Waals surface area contributed by atoms with Gasteiger partial charge in [-0.05, 0) is 36.0 Å². The fourth-order valence-electron chi connectivity index (χ4n) is 4.71. The molecule has 152 valence electrons. The second-order valence-electron chi connectivity index (χ2n) is 8.05. The average Bonchev–Trinajstić information content (AvgIpc) is 3.05. The van der Waals surface area contributed by atoms with Gasteiger partial charge < -0.3 is 14.5 Å². The Bertz CT molecular complexity index is 776. The van der Waals surface area contributed by atoms with Gasteiger partial charge in [0, 0.05) is 45.3 Å². The highest BCUT2D eigenvalue weighted by atomic mass is 16.6. The van der Waals surface area contributed by atoms with Crippen molar-refractivity contribution in [1.82, 2.24) is 25.2 Å². The third kappa shape index (κ3) is 3.65. The molecule has 2 aromatic rings. The van der Waals surface area contributed by atoms with Crippen molar-refractivity contribution in [3.63, 3.8) is 0 Å². The van der Waals surface area contributed by atoms with Crippen LogP contribution in [-0.2, 0) is 4.74 Å². The van der Waals surface area contributed by atoms with Gasteiger partial charge in [0.1, 0.15) is 0 Å². The molecule has 0 amide bonds. The first-order chi connectivity index (χ1) is 13.9. The van der Waals surface area contributed by atoms with Gasteiger partial charge in [0.25, 0.3) is 0 Å². The number of hydrogen-bond donors (Lipinski definition) is 0. The van der Waals surface area contributed by atoms with Gasteiger partial charge in [-0.1, -0.05) is 12.8 Å². The normalized spacial score (nSPS) is 23.3. The molecule has 28 heavy (non-hydrogen) atoms. The van der Waals surface area contributed by atoms with Crippen molar-refractivity contribution < 1.29 is 9.37 Å². The zero-order valence-electron chi connectivity index (χ0n) is 16.4. The van der Waals surface area contributed by atoms with Gasteiger partial charge in [0.2, 0.25) is 11.3 Å². The molecule has 0 saturated carbocycles. The van der Waals surface area contributed by atoms with Crippen LogP contribution in [0.3, 0.4) is 0 Å². The summed E-state index contributed by atoms with van der Waals surface area (Å²) in [5.41, 5.74) is 1.01. The predicted octanol–water partition coefficient (Wildman–Crippen LogP) is 1.69. The summed E-state index contributed by atoms with van der Waals surface area (Å²) in [5.74, 6) is 1.90. The molecule has 9 nitrogen and oxygen atoms in total. The summed E-state index contributed by atoms with van der Waals surface area (Å²) >= 11 is 0. The van der Waals surface area contributed by atoms with Crippen molar-refractivity contribution in [2.75, 3.05) is 62.3 Å². The highest BCUT2D eigenvalue weighted by Gasteiger charge is 2.29. The van der Waals surface area contributed by atoms with Gasteiger partial charge in [0.05, 0.1) is 13.2 Å². The van der Waals surface area contributed by atoms with E-state index in [0.717, 1.165) is 77.0 Å². The van der Waals surface area contributed by atoms with Crippen LogP contribution >= 0.6 is 0 Å².